The highest BCUT2D eigenvalue weighted by atomic mass is 16.2. The average Bonchev–Trinajstić information content (AvgIpc) is 2.72. The van der Waals surface area contributed by atoms with Crippen molar-refractivity contribution in [2.45, 2.75) is 57.0 Å². The topological polar surface area (TPSA) is 85.2 Å². The predicted molar refractivity (Wildman–Crippen MR) is 119 cm³/mol. The summed E-state index contributed by atoms with van der Waals surface area (Å²) < 4.78 is 0. The second-order valence-electron chi connectivity index (χ2n) is 9.70. The Morgan fingerprint density at radius 2 is 1.74 bits per heavy atom. The minimum Gasteiger partial charge on any atom is -0.338 e. The zero-order chi connectivity index (χ0) is 21.8. The summed E-state index contributed by atoms with van der Waals surface area (Å²) in [6.07, 6.45) is 9.32. The van der Waals surface area contributed by atoms with Crippen LogP contribution < -0.4 is 10.6 Å². The van der Waals surface area contributed by atoms with E-state index in [1.807, 2.05) is 12.1 Å². The van der Waals surface area contributed by atoms with Gasteiger partial charge in [-0.05, 0) is 74.0 Å². The van der Waals surface area contributed by atoms with Gasteiger partial charge in [0, 0.05) is 31.6 Å². The van der Waals surface area contributed by atoms with E-state index in [0.717, 1.165) is 42.6 Å². The standard InChI is InChI=1S/C25H32N4O2/c1-2-9-29(17-19-5-3-18(16-26)4-6-19)23(30)7-8-27-24(31)28-25-13-20-10-21(14-25)12-22(11-20)15-25/h2-6,20-22H,1,7-15,17H2,(H2,27,28,31). The number of amides is 3. The van der Waals surface area contributed by atoms with Crippen LogP contribution in [0.4, 0.5) is 4.79 Å². The van der Waals surface area contributed by atoms with Crippen molar-refractivity contribution >= 4 is 11.9 Å². The third-order valence-corrected chi connectivity index (χ3v) is 7.20. The Morgan fingerprint density at radius 3 is 2.29 bits per heavy atom. The molecule has 0 spiro atoms. The molecule has 1 aromatic carbocycles. The molecule has 0 aromatic heterocycles. The molecule has 4 aliphatic rings. The van der Waals surface area contributed by atoms with E-state index < -0.39 is 0 Å². The summed E-state index contributed by atoms with van der Waals surface area (Å²) >= 11 is 0. The first kappa shape index (κ1) is 21.4. The van der Waals surface area contributed by atoms with Gasteiger partial charge in [-0.15, -0.1) is 6.58 Å². The number of benzene rings is 1. The minimum absolute atomic E-state index is 0.0205. The van der Waals surface area contributed by atoms with E-state index in [-0.39, 0.29) is 23.9 Å². The van der Waals surface area contributed by atoms with Crippen molar-refractivity contribution in [1.82, 2.24) is 15.5 Å². The predicted octanol–water partition coefficient (Wildman–Crippen LogP) is 3.73. The number of urea groups is 1. The lowest BCUT2D eigenvalue weighted by Crippen LogP contribution is -2.61. The van der Waals surface area contributed by atoms with E-state index in [2.05, 4.69) is 23.3 Å². The third kappa shape index (κ3) is 5.10. The van der Waals surface area contributed by atoms with Gasteiger partial charge in [-0.3, -0.25) is 4.79 Å². The second kappa shape index (κ2) is 9.13. The maximum absolute atomic E-state index is 12.7. The summed E-state index contributed by atoms with van der Waals surface area (Å²) in [6.45, 7) is 4.96. The molecule has 4 saturated carbocycles. The second-order valence-corrected chi connectivity index (χ2v) is 9.70. The largest absolute Gasteiger partial charge is 0.338 e. The fraction of sp³-hybridized carbons (Fsp3) is 0.560. The Morgan fingerprint density at radius 1 is 1.13 bits per heavy atom. The average molecular weight is 421 g/mol. The van der Waals surface area contributed by atoms with Gasteiger partial charge in [-0.1, -0.05) is 18.2 Å². The third-order valence-electron chi connectivity index (χ3n) is 7.20. The Balaban J connectivity index is 1.24. The first-order valence-corrected chi connectivity index (χ1v) is 11.4. The number of rotatable bonds is 8. The maximum atomic E-state index is 12.7. The number of hydrogen-bond acceptors (Lipinski definition) is 3. The van der Waals surface area contributed by atoms with Crippen molar-refractivity contribution < 1.29 is 9.59 Å². The van der Waals surface area contributed by atoms with Crippen LogP contribution in [0.1, 0.15) is 56.1 Å². The van der Waals surface area contributed by atoms with Gasteiger partial charge in [0.25, 0.3) is 0 Å². The summed E-state index contributed by atoms with van der Waals surface area (Å²) in [5.74, 6) is 2.31. The molecular formula is C25H32N4O2. The minimum atomic E-state index is -0.142. The van der Waals surface area contributed by atoms with E-state index in [4.69, 9.17) is 5.26 Å². The zero-order valence-electron chi connectivity index (χ0n) is 18.1. The molecule has 5 rings (SSSR count). The number of nitrogens with one attached hydrogen (secondary N) is 2. The van der Waals surface area contributed by atoms with Crippen molar-refractivity contribution in [3.63, 3.8) is 0 Å². The molecular weight excluding hydrogens is 388 g/mol. The van der Waals surface area contributed by atoms with Crippen LogP contribution in [-0.2, 0) is 11.3 Å². The fourth-order valence-corrected chi connectivity index (χ4v) is 6.31. The molecule has 164 valence electrons. The first-order chi connectivity index (χ1) is 15.0. The molecule has 31 heavy (non-hydrogen) atoms. The molecule has 2 N–H and O–H groups in total. The molecule has 4 aliphatic carbocycles. The lowest BCUT2D eigenvalue weighted by molar-refractivity contribution is -0.131. The smallest absolute Gasteiger partial charge is 0.315 e. The summed E-state index contributed by atoms with van der Waals surface area (Å²) in [7, 11) is 0. The van der Waals surface area contributed by atoms with Gasteiger partial charge in [-0.2, -0.15) is 5.26 Å². The molecule has 6 nitrogen and oxygen atoms in total. The lowest BCUT2D eigenvalue weighted by Gasteiger charge is -2.56. The summed E-state index contributed by atoms with van der Waals surface area (Å²) in [4.78, 5) is 27.0. The molecule has 1 aromatic rings. The van der Waals surface area contributed by atoms with Gasteiger partial charge < -0.3 is 15.5 Å². The van der Waals surface area contributed by atoms with Crippen LogP contribution in [0.5, 0.6) is 0 Å². The van der Waals surface area contributed by atoms with E-state index in [0.29, 0.717) is 25.2 Å². The Hall–Kier alpha value is -2.81. The lowest BCUT2D eigenvalue weighted by atomic mass is 9.53. The molecule has 4 fully saturated rings. The molecule has 4 bridgehead atoms. The van der Waals surface area contributed by atoms with Crippen LogP contribution in [0.15, 0.2) is 36.9 Å². The van der Waals surface area contributed by atoms with Gasteiger partial charge in [0.2, 0.25) is 5.91 Å². The maximum Gasteiger partial charge on any atom is 0.315 e. The summed E-state index contributed by atoms with van der Waals surface area (Å²) in [5.41, 5.74) is 1.54. The van der Waals surface area contributed by atoms with Gasteiger partial charge in [0.1, 0.15) is 0 Å². The van der Waals surface area contributed by atoms with Crippen LogP contribution in [-0.4, -0.2) is 35.5 Å². The molecule has 0 saturated heterocycles. The highest BCUT2D eigenvalue weighted by Gasteiger charge is 2.51. The van der Waals surface area contributed by atoms with Gasteiger partial charge >= 0.3 is 6.03 Å². The molecule has 0 radical (unpaired) electrons. The Labute approximate surface area is 184 Å². The van der Waals surface area contributed by atoms with E-state index in [9.17, 15) is 9.59 Å². The highest BCUT2D eigenvalue weighted by Crippen LogP contribution is 2.55. The molecule has 0 atom stereocenters. The molecule has 0 unspecified atom stereocenters. The van der Waals surface area contributed by atoms with Crippen LogP contribution in [0.3, 0.4) is 0 Å². The van der Waals surface area contributed by atoms with Gasteiger partial charge in [0.05, 0.1) is 11.6 Å². The number of nitrogens with zero attached hydrogens (tertiary/aromatic N) is 2. The van der Waals surface area contributed by atoms with Gasteiger partial charge in [-0.25, -0.2) is 4.79 Å². The molecule has 0 heterocycles. The van der Waals surface area contributed by atoms with Crippen LogP contribution in [0.25, 0.3) is 0 Å². The Bertz CT molecular complexity index is 835. The molecule has 0 aliphatic heterocycles. The monoisotopic (exact) mass is 420 g/mol. The fourth-order valence-electron chi connectivity index (χ4n) is 6.31. The Kier molecular flexibility index (Phi) is 6.31. The summed E-state index contributed by atoms with van der Waals surface area (Å²) in [6, 6.07) is 9.18. The van der Waals surface area contributed by atoms with Crippen LogP contribution in [0, 0.1) is 29.1 Å². The quantitative estimate of drug-likeness (QED) is 0.629. The summed E-state index contributed by atoms with van der Waals surface area (Å²) in [5, 5.41) is 15.1. The van der Waals surface area contributed by atoms with Crippen molar-refractivity contribution in [1.29, 1.82) is 5.26 Å². The molecule has 6 heteroatoms. The number of nitriles is 1. The van der Waals surface area contributed by atoms with Gasteiger partial charge in [0.15, 0.2) is 0 Å². The van der Waals surface area contributed by atoms with E-state index >= 15 is 0 Å². The number of carbonyl (C=O) groups is 2. The highest BCUT2D eigenvalue weighted by molar-refractivity contribution is 5.78. The first-order valence-electron chi connectivity index (χ1n) is 11.4. The number of carbonyl (C=O) groups excluding carboxylic acids is 2. The van der Waals surface area contributed by atoms with Crippen LogP contribution >= 0.6 is 0 Å². The molecule has 3 amide bonds. The van der Waals surface area contributed by atoms with E-state index in [1.54, 1.807) is 23.1 Å². The SMILES string of the molecule is C=CCN(Cc1ccc(C#N)cc1)C(=O)CCNC(=O)NC12CC3CC(CC(C3)C1)C2. The van der Waals surface area contributed by atoms with Crippen LogP contribution in [0.2, 0.25) is 0 Å². The number of hydrogen-bond donors (Lipinski definition) is 2. The van der Waals surface area contributed by atoms with E-state index in [1.165, 1.54) is 19.3 Å². The van der Waals surface area contributed by atoms with Crippen molar-refractivity contribution in [2.75, 3.05) is 13.1 Å². The van der Waals surface area contributed by atoms with Crippen molar-refractivity contribution in [3.05, 3.63) is 48.0 Å². The van der Waals surface area contributed by atoms with Crippen molar-refractivity contribution in [3.8, 4) is 6.07 Å². The van der Waals surface area contributed by atoms with Crippen molar-refractivity contribution in [2.24, 2.45) is 17.8 Å². The normalized spacial score (nSPS) is 27.9. The zero-order valence-corrected chi connectivity index (χ0v) is 18.1.